The number of ether oxygens (including phenoxy) is 2. The van der Waals surface area contributed by atoms with Crippen LogP contribution in [0, 0.1) is 22.7 Å². The summed E-state index contributed by atoms with van der Waals surface area (Å²) in [6.07, 6.45) is 10.5. The maximum Gasteiger partial charge on any atom is 0.107 e. The van der Waals surface area contributed by atoms with Crippen molar-refractivity contribution in [2.75, 3.05) is 44.5 Å². The first kappa shape index (κ1) is 33.9. The molecule has 0 spiro atoms. The summed E-state index contributed by atoms with van der Waals surface area (Å²) in [6, 6.07) is 0.231. The molecular formula is C31H46N2O2S6. The normalized spacial score (nSPS) is 24.0. The summed E-state index contributed by atoms with van der Waals surface area (Å²) in [5.41, 5.74) is 0.165. The van der Waals surface area contributed by atoms with E-state index >= 15 is 0 Å². The van der Waals surface area contributed by atoms with E-state index in [4.69, 9.17) is 58.3 Å². The van der Waals surface area contributed by atoms with Crippen LogP contribution in [0.15, 0.2) is 22.0 Å². The molecule has 4 heterocycles. The van der Waals surface area contributed by atoms with Crippen LogP contribution in [0.4, 0.5) is 0 Å². The van der Waals surface area contributed by atoms with E-state index in [0.717, 1.165) is 89.7 Å². The maximum absolute atomic E-state index is 6.05. The number of rotatable bonds is 14. The van der Waals surface area contributed by atoms with E-state index in [9.17, 15) is 0 Å². The van der Waals surface area contributed by atoms with Crippen LogP contribution in [0.25, 0.3) is 0 Å². The van der Waals surface area contributed by atoms with Crippen LogP contribution >= 0.6 is 72.4 Å². The van der Waals surface area contributed by atoms with E-state index in [0.29, 0.717) is 25.0 Å². The van der Waals surface area contributed by atoms with Crippen LogP contribution in [0.5, 0.6) is 0 Å². The van der Waals surface area contributed by atoms with Gasteiger partial charge < -0.3 is 19.3 Å². The number of hydrogen-bond acceptors (Lipinski definition) is 8. The third kappa shape index (κ3) is 8.83. The topological polar surface area (TPSA) is 24.9 Å². The van der Waals surface area contributed by atoms with Gasteiger partial charge in [0.2, 0.25) is 0 Å². The summed E-state index contributed by atoms with van der Waals surface area (Å²) in [5, 5.41) is 0. The van der Waals surface area contributed by atoms with Gasteiger partial charge in [0.1, 0.15) is 9.98 Å². The number of nitrogens with zero attached hydrogens (tertiary/aromatic N) is 2. The summed E-state index contributed by atoms with van der Waals surface area (Å²) in [5.74, 6) is 3.05. The van der Waals surface area contributed by atoms with Crippen molar-refractivity contribution in [1.29, 1.82) is 0 Å². The van der Waals surface area contributed by atoms with E-state index in [1.54, 1.807) is 0 Å². The molecule has 2 fully saturated rings. The van der Waals surface area contributed by atoms with Gasteiger partial charge >= 0.3 is 0 Å². The zero-order chi connectivity index (χ0) is 29.8. The van der Waals surface area contributed by atoms with Crippen LogP contribution in [-0.2, 0) is 9.47 Å². The zero-order valence-electron chi connectivity index (χ0n) is 25.2. The lowest BCUT2D eigenvalue weighted by Crippen LogP contribution is -2.52. The molecule has 0 aromatic carbocycles. The zero-order valence-corrected chi connectivity index (χ0v) is 30.1. The second-order valence-electron chi connectivity index (χ2n) is 13.3. The van der Waals surface area contributed by atoms with E-state index in [2.05, 4.69) is 56.6 Å². The third-order valence-electron chi connectivity index (χ3n) is 8.32. The SMILES string of the molecule is CC(C)(CCCOCCCOCCC(N1C(=S)C=C2SCCC2C1=S)C(C)(C)C)CN1C(=S)C=C2SCCC2C1=S. The highest BCUT2D eigenvalue weighted by atomic mass is 32.2. The Morgan fingerprint density at radius 3 is 2.00 bits per heavy atom. The summed E-state index contributed by atoms with van der Waals surface area (Å²) in [7, 11) is 0. The van der Waals surface area contributed by atoms with E-state index in [1.165, 1.54) is 9.81 Å². The monoisotopic (exact) mass is 670 g/mol. The Morgan fingerprint density at radius 2 is 1.37 bits per heavy atom. The molecule has 41 heavy (non-hydrogen) atoms. The smallest absolute Gasteiger partial charge is 0.107 e. The highest BCUT2D eigenvalue weighted by Crippen LogP contribution is 2.43. The molecule has 0 saturated carbocycles. The molecule has 2 saturated heterocycles. The van der Waals surface area contributed by atoms with Crippen molar-refractivity contribution in [3.8, 4) is 0 Å². The largest absolute Gasteiger partial charge is 0.381 e. The van der Waals surface area contributed by atoms with Crippen molar-refractivity contribution in [2.24, 2.45) is 22.7 Å². The quantitative estimate of drug-likeness (QED) is 0.133. The summed E-state index contributed by atoms with van der Waals surface area (Å²) < 4.78 is 12.0. The third-order valence-corrected chi connectivity index (χ3v) is 12.3. The molecule has 0 amide bonds. The minimum Gasteiger partial charge on any atom is -0.381 e. The second kappa shape index (κ2) is 14.9. The van der Waals surface area contributed by atoms with Crippen LogP contribution in [0.1, 0.15) is 73.1 Å². The summed E-state index contributed by atoms with van der Waals surface area (Å²) >= 11 is 27.1. The first-order valence-corrected chi connectivity index (χ1v) is 18.6. The first-order chi connectivity index (χ1) is 19.4. The molecule has 0 aromatic rings. The molecule has 3 unspecified atom stereocenters. The highest BCUT2D eigenvalue weighted by molar-refractivity contribution is 8.03. The molecule has 0 aromatic heterocycles. The lowest BCUT2D eigenvalue weighted by Gasteiger charge is -2.44. The van der Waals surface area contributed by atoms with Crippen molar-refractivity contribution < 1.29 is 9.47 Å². The lowest BCUT2D eigenvalue weighted by atomic mass is 9.82. The van der Waals surface area contributed by atoms with Gasteiger partial charge in [-0.15, -0.1) is 23.5 Å². The van der Waals surface area contributed by atoms with Crippen molar-refractivity contribution in [1.82, 2.24) is 9.80 Å². The first-order valence-electron chi connectivity index (χ1n) is 15.0. The van der Waals surface area contributed by atoms with Crippen molar-refractivity contribution in [3.63, 3.8) is 0 Å². The van der Waals surface area contributed by atoms with Crippen LogP contribution in [0.3, 0.4) is 0 Å². The molecular weight excluding hydrogens is 625 g/mol. The van der Waals surface area contributed by atoms with Crippen molar-refractivity contribution >= 4 is 92.3 Å². The molecule has 0 radical (unpaired) electrons. The molecule has 4 nitrogen and oxygen atoms in total. The van der Waals surface area contributed by atoms with Gasteiger partial charge in [-0.05, 0) is 82.8 Å². The van der Waals surface area contributed by atoms with Gasteiger partial charge in [-0.2, -0.15) is 0 Å². The molecule has 4 aliphatic rings. The molecule has 4 rings (SSSR count). The fraction of sp³-hybridized carbons (Fsp3) is 0.742. The Kier molecular flexibility index (Phi) is 12.3. The Morgan fingerprint density at radius 1 is 0.805 bits per heavy atom. The lowest BCUT2D eigenvalue weighted by molar-refractivity contribution is 0.0649. The average molecular weight is 671 g/mol. The Labute approximate surface area is 278 Å². The number of thioether (sulfide) groups is 2. The van der Waals surface area contributed by atoms with Gasteiger partial charge in [-0.1, -0.05) is 83.5 Å². The predicted octanol–water partition coefficient (Wildman–Crippen LogP) is 8.24. The minimum atomic E-state index is 0.0461. The van der Waals surface area contributed by atoms with E-state index in [-0.39, 0.29) is 16.9 Å². The fourth-order valence-corrected chi connectivity index (χ4v) is 10.4. The molecule has 0 aliphatic carbocycles. The van der Waals surface area contributed by atoms with E-state index in [1.807, 2.05) is 23.5 Å². The Bertz CT molecular complexity index is 1080. The predicted molar refractivity (Wildman–Crippen MR) is 193 cm³/mol. The average Bonchev–Trinajstić information content (AvgIpc) is 3.55. The molecule has 0 N–H and O–H groups in total. The molecule has 4 aliphatic heterocycles. The maximum atomic E-state index is 6.05. The van der Waals surface area contributed by atoms with Gasteiger partial charge in [-0.25, -0.2) is 0 Å². The van der Waals surface area contributed by atoms with Crippen molar-refractivity contribution in [2.45, 2.75) is 79.2 Å². The number of thiocarbonyl (C=S) groups is 4. The van der Waals surface area contributed by atoms with E-state index < -0.39 is 0 Å². The minimum absolute atomic E-state index is 0.0461. The number of fused-ring (bicyclic) bond motifs is 2. The van der Waals surface area contributed by atoms with Crippen LogP contribution in [0.2, 0.25) is 0 Å². The standard InChI is InChI=1S/C31H46N2O2S6/c1-30(2,3)25(33-27(37)19-24-22(29(33)39)10-17-41-24)8-15-35-14-7-13-34-12-6-11-31(4,5)20-32-26(36)18-23-21(28(32)38)9-16-40-23/h18-19,21-22,25H,6-17,20H2,1-5H3. The van der Waals surface area contributed by atoms with Gasteiger partial charge in [0.25, 0.3) is 0 Å². The molecule has 0 bridgehead atoms. The summed E-state index contributed by atoms with van der Waals surface area (Å²) in [6.45, 7) is 15.2. The van der Waals surface area contributed by atoms with Gasteiger partial charge in [-0.3, -0.25) is 0 Å². The fourth-order valence-electron chi connectivity index (χ4n) is 6.05. The highest BCUT2D eigenvalue weighted by Gasteiger charge is 2.41. The second-order valence-corrected chi connectivity index (χ2v) is 17.3. The molecule has 3 atom stereocenters. The van der Waals surface area contributed by atoms with Gasteiger partial charge in [0.05, 0.1) is 9.98 Å². The Balaban J connectivity index is 1.10. The Hall–Kier alpha value is 0.0600. The van der Waals surface area contributed by atoms with Crippen molar-refractivity contribution in [3.05, 3.63) is 22.0 Å². The molecule has 228 valence electrons. The summed E-state index contributed by atoms with van der Waals surface area (Å²) in [4.78, 5) is 11.0. The van der Waals surface area contributed by atoms with Crippen LogP contribution < -0.4 is 0 Å². The van der Waals surface area contributed by atoms with Gasteiger partial charge in [0.15, 0.2) is 0 Å². The number of hydrogen-bond donors (Lipinski definition) is 0. The molecule has 10 heteroatoms. The van der Waals surface area contributed by atoms with Gasteiger partial charge in [0, 0.05) is 50.8 Å². The van der Waals surface area contributed by atoms with Crippen LogP contribution in [-0.4, -0.2) is 80.3 Å².